The van der Waals surface area contributed by atoms with Crippen LogP contribution in [0.15, 0.2) is 16.2 Å². The molecule has 1 rings (SSSR count). The summed E-state index contributed by atoms with van der Waals surface area (Å²) in [5.74, 6) is 0. The maximum atomic E-state index is 10.9. The van der Waals surface area contributed by atoms with Crippen LogP contribution in [0.25, 0.3) is 0 Å². The van der Waals surface area contributed by atoms with Crippen molar-refractivity contribution in [2.24, 2.45) is 4.40 Å². The van der Waals surface area contributed by atoms with Crippen molar-refractivity contribution in [1.29, 1.82) is 0 Å². The lowest BCUT2D eigenvalue weighted by Gasteiger charge is -2.18. The Labute approximate surface area is 60.1 Å². The second-order valence-corrected chi connectivity index (χ2v) is 3.66. The van der Waals surface area contributed by atoms with E-state index in [1.165, 1.54) is 13.3 Å². The fourth-order valence-corrected chi connectivity index (χ4v) is 1.35. The third kappa shape index (κ3) is 1.04. The van der Waals surface area contributed by atoms with Gasteiger partial charge in [-0.3, -0.25) is 4.31 Å². The predicted octanol–water partition coefficient (Wildman–Crippen LogP) is 0.151. The van der Waals surface area contributed by atoms with E-state index in [2.05, 4.69) is 4.40 Å². The van der Waals surface area contributed by atoms with E-state index in [1.807, 2.05) is 0 Å². The zero-order valence-corrected chi connectivity index (χ0v) is 6.59. The summed E-state index contributed by atoms with van der Waals surface area (Å²) < 4.78 is 26.2. The average Bonchev–Trinajstić information content (AvgIpc) is 1.83. The van der Waals surface area contributed by atoms with Gasteiger partial charge < -0.3 is 0 Å². The molecule has 0 amide bonds. The molecule has 0 saturated heterocycles. The number of hydrogen-bond acceptors (Lipinski definition) is 2. The molecule has 1 heterocycles. The van der Waals surface area contributed by atoms with Crippen molar-refractivity contribution in [3.05, 3.63) is 11.8 Å². The standard InChI is InChI=1S/C5H8N2O2S/c1-5-3-4-6-10(8,9)7(5)2/h3-4H,1-2H3. The smallest absolute Gasteiger partial charge is 0.259 e. The van der Waals surface area contributed by atoms with Gasteiger partial charge in [-0.1, -0.05) is 0 Å². The Morgan fingerprint density at radius 3 is 2.60 bits per heavy atom. The molecule has 0 spiro atoms. The lowest BCUT2D eigenvalue weighted by Crippen LogP contribution is -2.25. The highest BCUT2D eigenvalue weighted by Crippen LogP contribution is 2.11. The van der Waals surface area contributed by atoms with Gasteiger partial charge in [0, 0.05) is 19.0 Å². The summed E-state index contributed by atoms with van der Waals surface area (Å²) in [4.78, 5) is 0. The molecule has 0 aromatic rings. The highest BCUT2D eigenvalue weighted by molar-refractivity contribution is 7.88. The van der Waals surface area contributed by atoms with Gasteiger partial charge in [0.05, 0.1) is 0 Å². The minimum Gasteiger partial charge on any atom is -0.259 e. The van der Waals surface area contributed by atoms with Crippen LogP contribution in [0.4, 0.5) is 0 Å². The van der Waals surface area contributed by atoms with E-state index >= 15 is 0 Å². The summed E-state index contributed by atoms with van der Waals surface area (Å²) in [5.41, 5.74) is 0.676. The Morgan fingerprint density at radius 2 is 2.20 bits per heavy atom. The normalized spacial score (nSPS) is 22.6. The summed E-state index contributed by atoms with van der Waals surface area (Å²) in [6, 6.07) is 0. The molecule has 0 aromatic heterocycles. The van der Waals surface area contributed by atoms with Gasteiger partial charge in [0.25, 0.3) is 0 Å². The van der Waals surface area contributed by atoms with Gasteiger partial charge in [-0.05, 0) is 13.0 Å². The van der Waals surface area contributed by atoms with Gasteiger partial charge in [-0.25, -0.2) is 0 Å². The van der Waals surface area contributed by atoms with Crippen LogP contribution in [0, 0.1) is 0 Å². The molecule has 10 heavy (non-hydrogen) atoms. The first-order valence-corrected chi connectivity index (χ1v) is 4.15. The highest BCUT2D eigenvalue weighted by Gasteiger charge is 2.17. The van der Waals surface area contributed by atoms with E-state index in [1.54, 1.807) is 13.0 Å². The molecule has 4 nitrogen and oxygen atoms in total. The number of rotatable bonds is 0. The van der Waals surface area contributed by atoms with E-state index in [4.69, 9.17) is 0 Å². The van der Waals surface area contributed by atoms with Crippen molar-refractivity contribution in [2.45, 2.75) is 6.92 Å². The first kappa shape index (κ1) is 7.27. The van der Waals surface area contributed by atoms with Crippen molar-refractivity contribution >= 4 is 16.4 Å². The van der Waals surface area contributed by atoms with Gasteiger partial charge >= 0.3 is 10.2 Å². The molecule has 0 aromatic carbocycles. The Balaban J connectivity index is 3.13. The first-order chi connectivity index (χ1) is 4.54. The van der Waals surface area contributed by atoms with E-state index < -0.39 is 10.2 Å². The van der Waals surface area contributed by atoms with Crippen LogP contribution in [0.2, 0.25) is 0 Å². The molecule has 0 atom stereocenters. The van der Waals surface area contributed by atoms with Gasteiger partial charge in [-0.2, -0.15) is 12.8 Å². The third-order valence-electron chi connectivity index (χ3n) is 1.35. The lowest BCUT2D eigenvalue weighted by atomic mass is 10.4. The molecular weight excluding hydrogens is 152 g/mol. The maximum absolute atomic E-state index is 10.9. The maximum Gasteiger partial charge on any atom is 0.344 e. The Morgan fingerprint density at radius 1 is 1.60 bits per heavy atom. The van der Waals surface area contributed by atoms with Gasteiger partial charge in [0.15, 0.2) is 0 Å². The van der Waals surface area contributed by atoms with E-state index in [0.717, 1.165) is 4.31 Å². The predicted molar refractivity (Wildman–Crippen MR) is 38.9 cm³/mol. The molecule has 1 aliphatic rings. The molecule has 0 bridgehead atoms. The van der Waals surface area contributed by atoms with Crippen molar-refractivity contribution < 1.29 is 8.42 Å². The summed E-state index contributed by atoms with van der Waals surface area (Å²) >= 11 is 0. The van der Waals surface area contributed by atoms with Crippen LogP contribution in [-0.4, -0.2) is 26.0 Å². The largest absolute Gasteiger partial charge is 0.344 e. The minimum atomic E-state index is -3.38. The van der Waals surface area contributed by atoms with E-state index in [0.29, 0.717) is 5.70 Å². The fraction of sp³-hybridized carbons (Fsp3) is 0.400. The molecule has 1 aliphatic heterocycles. The zero-order valence-electron chi connectivity index (χ0n) is 5.77. The summed E-state index contributed by atoms with van der Waals surface area (Å²) in [7, 11) is -1.91. The summed E-state index contributed by atoms with van der Waals surface area (Å²) in [6.07, 6.45) is 2.92. The Kier molecular flexibility index (Phi) is 1.52. The average molecular weight is 160 g/mol. The highest BCUT2D eigenvalue weighted by atomic mass is 32.2. The van der Waals surface area contributed by atoms with Crippen LogP contribution >= 0.6 is 0 Å². The monoisotopic (exact) mass is 160 g/mol. The number of nitrogens with zero attached hydrogens (tertiary/aromatic N) is 2. The molecule has 0 unspecified atom stereocenters. The Hall–Kier alpha value is -0.840. The molecule has 56 valence electrons. The van der Waals surface area contributed by atoms with Crippen LogP contribution in [0.5, 0.6) is 0 Å². The van der Waals surface area contributed by atoms with Crippen molar-refractivity contribution in [1.82, 2.24) is 4.31 Å². The number of hydrogen-bond donors (Lipinski definition) is 0. The molecular formula is C5H8N2O2S. The molecule has 0 N–H and O–H groups in total. The SMILES string of the molecule is CC1=CC=NS(=O)(=O)N1C. The van der Waals surface area contributed by atoms with Crippen LogP contribution in [0.1, 0.15) is 6.92 Å². The second kappa shape index (κ2) is 2.09. The van der Waals surface area contributed by atoms with Crippen LogP contribution in [-0.2, 0) is 10.2 Å². The molecule has 5 heteroatoms. The first-order valence-electron chi connectivity index (χ1n) is 2.75. The zero-order chi connectivity index (χ0) is 7.78. The number of allylic oxidation sites excluding steroid dienone is 2. The van der Waals surface area contributed by atoms with E-state index in [9.17, 15) is 8.42 Å². The summed E-state index contributed by atoms with van der Waals surface area (Å²) in [5, 5.41) is 0. The van der Waals surface area contributed by atoms with Crippen molar-refractivity contribution in [3.8, 4) is 0 Å². The minimum absolute atomic E-state index is 0.676. The van der Waals surface area contributed by atoms with Crippen molar-refractivity contribution in [3.63, 3.8) is 0 Å². The van der Waals surface area contributed by atoms with Crippen LogP contribution < -0.4 is 0 Å². The summed E-state index contributed by atoms with van der Waals surface area (Å²) in [6.45, 7) is 1.71. The molecule has 0 radical (unpaired) electrons. The molecule has 0 aliphatic carbocycles. The quantitative estimate of drug-likeness (QED) is 0.506. The van der Waals surface area contributed by atoms with E-state index in [-0.39, 0.29) is 0 Å². The Bertz CT molecular complexity index is 289. The third-order valence-corrected chi connectivity index (χ3v) is 2.72. The fourth-order valence-electron chi connectivity index (χ4n) is 0.573. The molecule has 0 saturated carbocycles. The second-order valence-electron chi connectivity index (χ2n) is 2.01. The lowest BCUT2D eigenvalue weighted by molar-refractivity contribution is 0.525. The van der Waals surface area contributed by atoms with Gasteiger partial charge in [0.2, 0.25) is 0 Å². The molecule has 0 fully saturated rings. The van der Waals surface area contributed by atoms with Crippen LogP contribution in [0.3, 0.4) is 0 Å². The van der Waals surface area contributed by atoms with Crippen molar-refractivity contribution in [2.75, 3.05) is 7.05 Å². The van der Waals surface area contributed by atoms with Gasteiger partial charge in [0.1, 0.15) is 0 Å². The van der Waals surface area contributed by atoms with Gasteiger partial charge in [-0.15, -0.1) is 0 Å². The topological polar surface area (TPSA) is 49.7 Å².